The van der Waals surface area contributed by atoms with Crippen LogP contribution < -0.4 is 75.7 Å². The third-order valence-electron chi connectivity index (χ3n) is 17.5. The third-order valence-corrected chi connectivity index (χ3v) is 18.8. The maximum atomic E-state index is 14.9. The first kappa shape index (κ1) is 86.8. The number of H-pyrrole nitrogens is 1. The van der Waals surface area contributed by atoms with Crippen molar-refractivity contribution in [2.24, 2.45) is 45.9 Å². The number of nitrogens with two attached hydrogens (primary N) is 3. The van der Waals surface area contributed by atoms with Crippen LogP contribution in [0, 0.1) is 23.7 Å². The molecule has 0 bridgehead atoms. The van der Waals surface area contributed by atoms with Gasteiger partial charge in [0, 0.05) is 57.2 Å². The molecule has 1 fully saturated rings. The van der Waals surface area contributed by atoms with E-state index in [4.69, 9.17) is 17.2 Å². The molecule has 101 heavy (non-hydrogen) atoms. The summed E-state index contributed by atoms with van der Waals surface area (Å²) in [6.07, 6.45) is 0.386. The van der Waals surface area contributed by atoms with Gasteiger partial charge in [-0.1, -0.05) is 117 Å². The molecule has 1 saturated heterocycles. The fourth-order valence-electron chi connectivity index (χ4n) is 10.9. The summed E-state index contributed by atoms with van der Waals surface area (Å²) in [4.78, 5) is 207. The van der Waals surface area contributed by atoms with Crippen LogP contribution >= 0.6 is 11.8 Å². The van der Waals surface area contributed by atoms with Gasteiger partial charge < -0.3 is 90.9 Å². The van der Waals surface area contributed by atoms with Gasteiger partial charge in [0.05, 0.1) is 36.8 Å². The van der Waals surface area contributed by atoms with E-state index in [2.05, 4.69) is 73.4 Å². The number of primary amides is 1. The SMILES string of the molecule is CCC(C)C(N)C1=NCC(C(=O)NC(CC(C)C)C(=O)NC(CCC(=O)O)C(=O)NC(C(=O)NC2CCCCNC(=O)C(CC(N)=O)NC(=O)C(CC(=O)O)NC(=O)C(Cc3cnc[nH]3)NC(=O)C(Cc3ccccc3)NC(=O)C(C(C)CC)NC(=O)C(CCCN)NC2=O)C(C)CC)S1.[Zn]. The van der Waals surface area contributed by atoms with Gasteiger partial charge >= 0.3 is 11.9 Å². The molecule has 0 saturated carbocycles. The smallest absolute Gasteiger partial charge is 0.305 e. The minimum Gasteiger partial charge on any atom is -0.481 e. The molecule has 2 aliphatic heterocycles. The summed E-state index contributed by atoms with van der Waals surface area (Å²) in [5, 5.41) is 48.4. The predicted molar refractivity (Wildman–Crippen MR) is 369 cm³/mol. The maximum absolute atomic E-state index is 14.9. The number of aliphatic imine (C=N–C) groups is 1. The molecule has 15 unspecified atom stereocenters. The Kier molecular flexibility index (Phi) is 37.9. The average Bonchev–Trinajstić information content (AvgIpc) is 1.78. The van der Waals surface area contributed by atoms with Gasteiger partial charge in [0.25, 0.3) is 0 Å². The van der Waals surface area contributed by atoms with Gasteiger partial charge in [0.15, 0.2) is 0 Å². The van der Waals surface area contributed by atoms with E-state index in [0.717, 1.165) is 6.42 Å². The Hall–Kier alpha value is -8.43. The van der Waals surface area contributed by atoms with Gasteiger partial charge in [-0.15, -0.1) is 0 Å². The van der Waals surface area contributed by atoms with Gasteiger partial charge in [0.1, 0.15) is 65.7 Å². The molecule has 3 heterocycles. The number of imidazole rings is 1. The summed E-state index contributed by atoms with van der Waals surface area (Å²) in [5.74, 6) is -15.6. The zero-order valence-electron chi connectivity index (χ0n) is 58.9. The normalized spacial score (nSPS) is 22.9. The Morgan fingerprint density at radius 2 is 1.26 bits per heavy atom. The monoisotopic (exact) mass is 1490 g/mol. The fourth-order valence-corrected chi connectivity index (χ4v) is 12.0. The largest absolute Gasteiger partial charge is 0.481 e. The molecule has 2 aromatic rings. The second-order valence-electron chi connectivity index (χ2n) is 25.9. The van der Waals surface area contributed by atoms with Gasteiger partial charge in [-0.05, 0) is 80.7 Å². The first-order chi connectivity index (χ1) is 47.4. The number of aliphatic carboxylic acids is 2. The molecule has 1 aromatic heterocycles. The fraction of sp³-hybridized carbons (Fsp3) is 0.636. The van der Waals surface area contributed by atoms with Crippen LogP contribution in [-0.2, 0) is 99.4 Å². The number of hydrogen-bond donors (Lipinski definition) is 17. The van der Waals surface area contributed by atoms with Gasteiger partial charge in [-0.2, -0.15) is 0 Å². The van der Waals surface area contributed by atoms with Crippen molar-refractivity contribution in [2.75, 3.05) is 19.6 Å². The van der Waals surface area contributed by atoms with E-state index >= 15 is 0 Å². The molecule has 0 spiro atoms. The van der Waals surface area contributed by atoms with Crippen LogP contribution in [0.5, 0.6) is 0 Å². The molecule has 0 aliphatic carbocycles. The minimum atomic E-state index is -1.94. The van der Waals surface area contributed by atoms with Gasteiger partial charge in [-0.3, -0.25) is 72.1 Å². The molecule has 556 valence electrons. The van der Waals surface area contributed by atoms with Crippen molar-refractivity contribution < 1.29 is 96.8 Å². The van der Waals surface area contributed by atoms with E-state index in [9.17, 15) is 77.3 Å². The quantitative estimate of drug-likeness (QED) is 0.0375. The first-order valence-electron chi connectivity index (χ1n) is 34.1. The first-order valence-corrected chi connectivity index (χ1v) is 35.0. The second kappa shape index (κ2) is 44.1. The van der Waals surface area contributed by atoms with Crippen LogP contribution in [-0.4, -0.2) is 199 Å². The number of aromatic amines is 1. The molecule has 20 N–H and O–H groups in total. The molecule has 12 amide bonds. The van der Waals surface area contributed by atoms with E-state index in [0.29, 0.717) is 16.3 Å². The number of hydrogen-bond acceptors (Lipinski definition) is 19. The zero-order valence-corrected chi connectivity index (χ0v) is 62.6. The van der Waals surface area contributed by atoms with Crippen LogP contribution in [0.15, 0.2) is 47.8 Å². The van der Waals surface area contributed by atoms with Crippen molar-refractivity contribution in [3.05, 3.63) is 54.1 Å². The molecule has 2 aliphatic rings. The molecule has 35 heteroatoms. The molecular weight excluding hydrogens is 1380 g/mol. The van der Waals surface area contributed by atoms with Crippen molar-refractivity contribution >= 4 is 99.6 Å². The van der Waals surface area contributed by atoms with Gasteiger partial charge in [-0.25, -0.2) is 4.98 Å². The Balaban J connectivity index is 0.0000265. The zero-order chi connectivity index (χ0) is 74.3. The number of thioether (sulfide) groups is 1. The standard InChI is InChI=1S/C66H103N17O16S.Zn/c1-9-35(6)52(69)66-72-32-48(100-66)63(97)80-43(26-34(4)5)59(93)75-42(22-23-50(85)86)58(92)83-53(36(7)10-2)64(98)76-40-20-15-16-25-71-55(89)46(29-49(68)84)78-62(96)47(30-51(87)88)79-61(95)45(28-39-31-70-33-73-39)77-60(94)44(27-38-18-13-12-14-19-38)81-65(99)54(37(8)11-3)82-57(91)41(21-17-24-67)74-56(40)90;/h12-14,18-19,31,33-37,40-48,52-54H,9-11,15-17,20-30,32,67,69H2,1-8H3,(H2,68,84)(H,70,73)(H,71,89)(H,74,90)(H,75,93)(H,76,98)(H,77,94)(H,78,96)(H,79,95)(H,80,97)(H,81,99)(H,82,91)(H,83,92)(H,85,86)(H,87,88);. The van der Waals surface area contributed by atoms with Crippen molar-refractivity contribution in [1.82, 2.24) is 68.5 Å². The molecule has 1 aromatic carbocycles. The topological polar surface area (TPSA) is 531 Å². The molecule has 33 nitrogen and oxygen atoms in total. The minimum absolute atomic E-state index is 0. The van der Waals surface area contributed by atoms with Crippen LogP contribution in [0.2, 0.25) is 0 Å². The van der Waals surface area contributed by atoms with Crippen LogP contribution in [0.4, 0.5) is 0 Å². The predicted octanol–water partition coefficient (Wildman–Crippen LogP) is -1.68. The van der Waals surface area contributed by atoms with E-state index in [-0.39, 0.29) is 115 Å². The van der Waals surface area contributed by atoms with Crippen LogP contribution in [0.25, 0.3) is 0 Å². The Bertz CT molecular complexity index is 3170. The number of benzene rings is 1. The Morgan fingerprint density at radius 1 is 0.663 bits per heavy atom. The third kappa shape index (κ3) is 29.2. The number of carbonyl (C=O) groups is 14. The van der Waals surface area contributed by atoms with E-state index in [1.54, 1.807) is 58.0 Å². The van der Waals surface area contributed by atoms with Crippen LogP contribution in [0.1, 0.15) is 150 Å². The molecule has 4 rings (SSSR count). The summed E-state index contributed by atoms with van der Waals surface area (Å²) >= 11 is 1.20. The van der Waals surface area contributed by atoms with Crippen molar-refractivity contribution in [2.45, 2.75) is 223 Å². The summed E-state index contributed by atoms with van der Waals surface area (Å²) in [6, 6.07) is -7.45. The number of nitrogens with one attached hydrogen (secondary N) is 12. The van der Waals surface area contributed by atoms with Crippen molar-refractivity contribution in [1.29, 1.82) is 0 Å². The second-order valence-corrected chi connectivity index (χ2v) is 27.2. The van der Waals surface area contributed by atoms with Gasteiger partial charge in [0.2, 0.25) is 70.9 Å². The van der Waals surface area contributed by atoms with E-state index < -0.39 is 192 Å². The summed E-state index contributed by atoms with van der Waals surface area (Å²) in [5.41, 5.74) is 18.7. The number of carboxylic acids is 2. The Labute approximate surface area is 605 Å². The summed E-state index contributed by atoms with van der Waals surface area (Å²) in [6.45, 7) is 14.2. The molecule has 0 radical (unpaired) electrons. The number of nitrogens with zero attached hydrogens (tertiary/aromatic N) is 2. The molecular formula is C66H103N17O16SZn. The number of carbonyl (C=O) groups excluding carboxylic acids is 12. The number of aromatic nitrogens is 2. The number of amides is 12. The summed E-state index contributed by atoms with van der Waals surface area (Å²) < 4.78 is 0. The Morgan fingerprint density at radius 3 is 1.84 bits per heavy atom. The van der Waals surface area contributed by atoms with Crippen molar-refractivity contribution in [3.63, 3.8) is 0 Å². The van der Waals surface area contributed by atoms with E-state index in [1.165, 1.54) is 24.3 Å². The maximum Gasteiger partial charge on any atom is 0.305 e. The number of rotatable bonds is 31. The van der Waals surface area contributed by atoms with E-state index in [1.807, 2.05) is 27.7 Å². The number of carboxylic acid groups (broad SMARTS) is 2. The summed E-state index contributed by atoms with van der Waals surface area (Å²) in [7, 11) is 0. The van der Waals surface area contributed by atoms with Crippen molar-refractivity contribution in [3.8, 4) is 0 Å². The van der Waals surface area contributed by atoms with Crippen LogP contribution in [0.3, 0.4) is 0 Å². The average molecular weight is 1490 g/mol. The molecule has 15 atom stereocenters.